The van der Waals surface area contributed by atoms with Gasteiger partial charge in [0.25, 0.3) is 0 Å². The molecule has 1 fully saturated rings. The van der Waals surface area contributed by atoms with E-state index in [0.29, 0.717) is 23.3 Å². The first-order valence-corrected chi connectivity index (χ1v) is 11.7. The Morgan fingerprint density at radius 2 is 1.89 bits per heavy atom. The van der Waals surface area contributed by atoms with Crippen molar-refractivity contribution in [3.63, 3.8) is 0 Å². The van der Waals surface area contributed by atoms with Crippen LogP contribution < -0.4 is 5.32 Å². The van der Waals surface area contributed by atoms with Crippen molar-refractivity contribution >= 4 is 16.6 Å². The monoisotopic (exact) mass is 470 g/mol. The Bertz CT molecular complexity index is 1540. The summed E-state index contributed by atoms with van der Waals surface area (Å²) in [4.78, 5) is 8.88. The minimum atomic E-state index is -0.671. The molecule has 7 heteroatoms. The second kappa shape index (κ2) is 8.83. The Morgan fingerprint density at radius 3 is 2.74 bits per heavy atom. The van der Waals surface area contributed by atoms with Gasteiger partial charge in [-0.25, -0.2) is 18.7 Å². The van der Waals surface area contributed by atoms with Crippen LogP contribution in [-0.2, 0) is 4.74 Å². The number of nitrogens with one attached hydrogen (secondary N) is 1. The van der Waals surface area contributed by atoms with Crippen LogP contribution in [0.15, 0.2) is 67.0 Å². The van der Waals surface area contributed by atoms with E-state index in [1.54, 1.807) is 13.1 Å². The standard InChI is InChI=1S/C28H24F2N4O/c1-17-11-22(23-13-21(29)14-24(30)28(23)33-17)26-15-32-27-12-20(7-9-34(26)27)18-3-5-19(6-4-18)25-16-35-10-2-8-31-25/h3-7,9,11-15,25,31H,2,8,10,16H2,1H3. The summed E-state index contributed by atoms with van der Waals surface area (Å²) in [5, 5.41) is 3.96. The number of nitrogens with zero attached hydrogens (tertiary/aromatic N) is 3. The summed E-state index contributed by atoms with van der Waals surface area (Å²) in [6, 6.07) is 16.8. The molecule has 1 saturated heterocycles. The molecule has 1 unspecified atom stereocenters. The van der Waals surface area contributed by atoms with Crippen LogP contribution in [0.4, 0.5) is 8.78 Å². The number of halogens is 2. The number of benzene rings is 2. The zero-order valence-electron chi connectivity index (χ0n) is 19.3. The molecule has 0 amide bonds. The molecule has 5 aromatic rings. The van der Waals surface area contributed by atoms with Crippen LogP contribution in [0.1, 0.15) is 23.7 Å². The Kier molecular flexibility index (Phi) is 5.51. The summed E-state index contributed by atoms with van der Waals surface area (Å²) >= 11 is 0. The maximum atomic E-state index is 14.4. The summed E-state index contributed by atoms with van der Waals surface area (Å²) in [6.07, 6.45) is 4.70. The molecule has 2 aromatic carbocycles. The Labute approximate surface area is 201 Å². The summed E-state index contributed by atoms with van der Waals surface area (Å²) < 4.78 is 36.1. The molecule has 0 spiro atoms. The van der Waals surface area contributed by atoms with E-state index < -0.39 is 11.6 Å². The van der Waals surface area contributed by atoms with Crippen LogP contribution >= 0.6 is 0 Å². The number of imidazole rings is 1. The highest BCUT2D eigenvalue weighted by Crippen LogP contribution is 2.32. The molecule has 0 radical (unpaired) electrons. The zero-order chi connectivity index (χ0) is 23.9. The van der Waals surface area contributed by atoms with Crippen LogP contribution in [0.5, 0.6) is 0 Å². The fraction of sp³-hybridized carbons (Fsp3) is 0.214. The van der Waals surface area contributed by atoms with Gasteiger partial charge in [0.05, 0.1) is 24.5 Å². The minimum absolute atomic E-state index is 0.154. The summed E-state index contributed by atoms with van der Waals surface area (Å²) in [5.41, 5.74) is 6.33. The maximum absolute atomic E-state index is 14.4. The predicted molar refractivity (Wildman–Crippen MR) is 132 cm³/mol. The predicted octanol–water partition coefficient (Wildman–Crippen LogP) is 5.85. The van der Waals surface area contributed by atoms with Gasteiger partial charge in [-0.1, -0.05) is 24.3 Å². The van der Waals surface area contributed by atoms with Gasteiger partial charge in [-0.2, -0.15) is 0 Å². The lowest BCUT2D eigenvalue weighted by atomic mass is 10.0. The minimum Gasteiger partial charge on any atom is -0.379 e. The Hall–Kier alpha value is -3.68. The van der Waals surface area contributed by atoms with E-state index in [0.717, 1.165) is 48.1 Å². The van der Waals surface area contributed by atoms with Crippen molar-refractivity contribution in [2.45, 2.75) is 19.4 Å². The van der Waals surface area contributed by atoms with Gasteiger partial charge in [-0.05, 0) is 60.8 Å². The fourth-order valence-electron chi connectivity index (χ4n) is 4.78. The van der Waals surface area contributed by atoms with Crippen molar-refractivity contribution in [3.8, 4) is 22.4 Å². The number of hydrogen-bond donors (Lipinski definition) is 1. The van der Waals surface area contributed by atoms with Gasteiger partial charge in [0.15, 0.2) is 5.82 Å². The van der Waals surface area contributed by atoms with E-state index in [9.17, 15) is 8.78 Å². The first-order chi connectivity index (χ1) is 17.1. The van der Waals surface area contributed by atoms with Gasteiger partial charge in [-0.3, -0.25) is 4.40 Å². The largest absolute Gasteiger partial charge is 0.379 e. The van der Waals surface area contributed by atoms with Crippen LogP contribution in [-0.4, -0.2) is 34.1 Å². The normalized spacial score (nSPS) is 16.6. The van der Waals surface area contributed by atoms with Crippen LogP contribution in [0.25, 0.3) is 38.9 Å². The van der Waals surface area contributed by atoms with Crippen LogP contribution in [0.2, 0.25) is 0 Å². The van der Waals surface area contributed by atoms with Crippen molar-refractivity contribution < 1.29 is 13.5 Å². The molecule has 1 aliphatic rings. The zero-order valence-corrected chi connectivity index (χ0v) is 19.3. The lowest BCUT2D eigenvalue weighted by Crippen LogP contribution is -2.23. The van der Waals surface area contributed by atoms with Crippen LogP contribution in [0, 0.1) is 18.6 Å². The Morgan fingerprint density at radius 1 is 1.03 bits per heavy atom. The highest BCUT2D eigenvalue weighted by Gasteiger charge is 2.16. The Balaban J connectivity index is 1.37. The average Bonchev–Trinajstić information content (AvgIpc) is 3.08. The van der Waals surface area contributed by atoms with E-state index in [1.807, 2.05) is 28.8 Å². The van der Waals surface area contributed by atoms with Gasteiger partial charge < -0.3 is 10.1 Å². The number of rotatable bonds is 3. The molecule has 1 N–H and O–H groups in total. The lowest BCUT2D eigenvalue weighted by molar-refractivity contribution is 0.131. The van der Waals surface area contributed by atoms with Crippen LogP contribution in [0.3, 0.4) is 0 Å². The van der Waals surface area contributed by atoms with Gasteiger partial charge in [0.2, 0.25) is 0 Å². The van der Waals surface area contributed by atoms with E-state index in [4.69, 9.17) is 4.74 Å². The molecular weight excluding hydrogens is 446 g/mol. The number of ether oxygens (including phenoxy) is 1. The number of aromatic nitrogens is 3. The van der Waals surface area contributed by atoms with Gasteiger partial charge in [0.1, 0.15) is 17.0 Å². The molecule has 6 rings (SSSR count). The molecule has 4 heterocycles. The van der Waals surface area contributed by atoms with Crippen molar-refractivity contribution in [1.82, 2.24) is 19.7 Å². The smallest absolute Gasteiger partial charge is 0.152 e. The highest BCUT2D eigenvalue weighted by molar-refractivity contribution is 5.94. The molecule has 3 aromatic heterocycles. The number of pyridine rings is 2. The SMILES string of the molecule is Cc1cc(-c2cnc3cc(-c4ccc(C5COCCCN5)cc4)ccn23)c2cc(F)cc(F)c2n1. The molecule has 35 heavy (non-hydrogen) atoms. The van der Waals surface area contributed by atoms with Crippen molar-refractivity contribution in [3.05, 3.63) is 89.9 Å². The fourth-order valence-corrected chi connectivity index (χ4v) is 4.78. The van der Waals surface area contributed by atoms with Crippen molar-refractivity contribution in [2.24, 2.45) is 0 Å². The summed E-state index contributed by atoms with van der Waals surface area (Å²) in [6.45, 7) is 4.23. The van der Waals surface area contributed by atoms with Crippen molar-refractivity contribution in [1.29, 1.82) is 0 Å². The second-order valence-electron chi connectivity index (χ2n) is 8.94. The molecule has 5 nitrogen and oxygen atoms in total. The molecule has 1 aliphatic heterocycles. The first-order valence-electron chi connectivity index (χ1n) is 11.7. The number of aryl methyl sites for hydroxylation is 1. The average molecular weight is 471 g/mol. The lowest BCUT2D eigenvalue weighted by Gasteiger charge is -2.16. The molecule has 0 bridgehead atoms. The molecule has 176 valence electrons. The number of hydrogen-bond acceptors (Lipinski definition) is 4. The second-order valence-corrected chi connectivity index (χ2v) is 8.94. The molecule has 1 atom stereocenters. The van der Waals surface area contributed by atoms with E-state index in [1.165, 1.54) is 11.6 Å². The van der Waals surface area contributed by atoms with E-state index in [-0.39, 0.29) is 11.6 Å². The van der Waals surface area contributed by atoms with Crippen molar-refractivity contribution in [2.75, 3.05) is 19.8 Å². The third-order valence-electron chi connectivity index (χ3n) is 6.54. The van der Waals surface area contributed by atoms with E-state index in [2.05, 4.69) is 39.6 Å². The van der Waals surface area contributed by atoms with E-state index >= 15 is 0 Å². The highest BCUT2D eigenvalue weighted by atomic mass is 19.1. The third-order valence-corrected chi connectivity index (χ3v) is 6.54. The molecule has 0 saturated carbocycles. The topological polar surface area (TPSA) is 51.5 Å². The number of fused-ring (bicyclic) bond motifs is 2. The summed E-state index contributed by atoms with van der Waals surface area (Å²) in [5.74, 6) is -1.30. The quantitative estimate of drug-likeness (QED) is 0.359. The molecular formula is C28H24F2N4O. The molecule has 0 aliphatic carbocycles. The maximum Gasteiger partial charge on any atom is 0.152 e. The van der Waals surface area contributed by atoms with Gasteiger partial charge >= 0.3 is 0 Å². The third kappa shape index (κ3) is 4.07. The van der Waals surface area contributed by atoms with Gasteiger partial charge in [-0.15, -0.1) is 0 Å². The summed E-state index contributed by atoms with van der Waals surface area (Å²) in [7, 11) is 0. The first kappa shape index (κ1) is 21.8. The van der Waals surface area contributed by atoms with Gasteiger partial charge in [0, 0.05) is 35.5 Å².